The number of anilines is 1. The summed E-state index contributed by atoms with van der Waals surface area (Å²) in [6.07, 6.45) is 9.36. The maximum Gasteiger partial charge on any atom is 0.205 e. The zero-order chi connectivity index (χ0) is 9.80. The van der Waals surface area contributed by atoms with Gasteiger partial charge in [0.2, 0.25) is 5.95 Å². The van der Waals surface area contributed by atoms with E-state index in [1.165, 1.54) is 38.8 Å². The van der Waals surface area contributed by atoms with Crippen molar-refractivity contribution in [2.75, 3.05) is 18.0 Å². The molecule has 0 N–H and O–H groups in total. The molecule has 0 atom stereocenters. The first-order valence-corrected chi connectivity index (χ1v) is 5.68. The molecule has 2 heterocycles. The number of hydrogen-bond donors (Lipinski definition) is 0. The summed E-state index contributed by atoms with van der Waals surface area (Å²) in [5.41, 5.74) is 0. The van der Waals surface area contributed by atoms with Crippen molar-refractivity contribution >= 4 is 5.95 Å². The third kappa shape index (κ3) is 1.91. The minimum absolute atomic E-state index is 1.02. The van der Waals surface area contributed by atoms with Crippen molar-refractivity contribution in [1.82, 2.24) is 9.55 Å². The van der Waals surface area contributed by atoms with Gasteiger partial charge >= 0.3 is 0 Å². The molecule has 0 aliphatic carbocycles. The van der Waals surface area contributed by atoms with Crippen LogP contribution in [0.5, 0.6) is 0 Å². The molecule has 0 spiro atoms. The zero-order valence-electron chi connectivity index (χ0n) is 8.95. The van der Waals surface area contributed by atoms with Gasteiger partial charge in [-0.3, -0.25) is 0 Å². The van der Waals surface area contributed by atoms with E-state index in [1.54, 1.807) is 0 Å². The number of aryl methyl sites for hydroxylation is 1. The molecule has 3 nitrogen and oxygen atoms in total. The lowest BCUT2D eigenvalue weighted by molar-refractivity contribution is 0.691. The fourth-order valence-electron chi connectivity index (χ4n) is 2.10. The summed E-state index contributed by atoms with van der Waals surface area (Å²) in [7, 11) is 0. The normalized spacial score (nSPS) is 18.2. The van der Waals surface area contributed by atoms with Crippen LogP contribution in [0, 0.1) is 0 Å². The van der Waals surface area contributed by atoms with Gasteiger partial charge in [-0.1, -0.05) is 12.8 Å². The first-order chi connectivity index (χ1) is 6.92. The smallest absolute Gasteiger partial charge is 0.205 e. The third-order valence-corrected chi connectivity index (χ3v) is 2.92. The summed E-state index contributed by atoms with van der Waals surface area (Å²) in [6, 6.07) is 0. The van der Waals surface area contributed by atoms with Gasteiger partial charge in [0, 0.05) is 32.0 Å². The van der Waals surface area contributed by atoms with Gasteiger partial charge in [0.15, 0.2) is 0 Å². The summed E-state index contributed by atoms with van der Waals surface area (Å²) >= 11 is 0. The molecule has 14 heavy (non-hydrogen) atoms. The van der Waals surface area contributed by atoms with Gasteiger partial charge in [0.1, 0.15) is 0 Å². The topological polar surface area (TPSA) is 21.1 Å². The van der Waals surface area contributed by atoms with Crippen LogP contribution in [0.15, 0.2) is 12.4 Å². The summed E-state index contributed by atoms with van der Waals surface area (Å²) in [5.74, 6) is 1.16. The van der Waals surface area contributed by atoms with E-state index in [0.717, 1.165) is 12.5 Å². The van der Waals surface area contributed by atoms with Crippen LogP contribution in [0.4, 0.5) is 5.95 Å². The highest BCUT2D eigenvalue weighted by molar-refractivity contribution is 5.31. The van der Waals surface area contributed by atoms with Crippen LogP contribution in [0.2, 0.25) is 0 Å². The quantitative estimate of drug-likeness (QED) is 0.718. The minimum atomic E-state index is 1.02. The highest BCUT2D eigenvalue weighted by atomic mass is 15.3. The Morgan fingerprint density at radius 3 is 2.57 bits per heavy atom. The maximum atomic E-state index is 4.44. The molecule has 0 radical (unpaired) electrons. The van der Waals surface area contributed by atoms with Crippen LogP contribution in [0.25, 0.3) is 0 Å². The van der Waals surface area contributed by atoms with Crippen LogP contribution in [0.3, 0.4) is 0 Å². The third-order valence-electron chi connectivity index (χ3n) is 2.92. The zero-order valence-corrected chi connectivity index (χ0v) is 8.95. The van der Waals surface area contributed by atoms with Gasteiger partial charge in [-0.05, 0) is 19.8 Å². The van der Waals surface area contributed by atoms with Gasteiger partial charge < -0.3 is 9.47 Å². The average Bonchev–Trinajstić information content (AvgIpc) is 2.52. The lowest BCUT2D eigenvalue weighted by atomic mass is 10.2. The summed E-state index contributed by atoms with van der Waals surface area (Å²) in [6.45, 7) is 5.54. The van der Waals surface area contributed by atoms with E-state index < -0.39 is 0 Å². The SMILES string of the molecule is CCn1ccnc1N1CCCCCC1. The fraction of sp³-hybridized carbons (Fsp3) is 0.727. The van der Waals surface area contributed by atoms with Crippen molar-refractivity contribution in [1.29, 1.82) is 0 Å². The Hall–Kier alpha value is -0.990. The Morgan fingerprint density at radius 2 is 1.93 bits per heavy atom. The van der Waals surface area contributed by atoms with Gasteiger partial charge in [0.05, 0.1) is 0 Å². The predicted octanol–water partition coefficient (Wildman–Crippen LogP) is 2.28. The molecule has 3 heteroatoms. The fourth-order valence-corrected chi connectivity index (χ4v) is 2.10. The van der Waals surface area contributed by atoms with Crippen molar-refractivity contribution in [3.8, 4) is 0 Å². The standard InChI is InChI=1S/C11H19N3/c1-2-13-10-7-12-11(13)14-8-5-3-4-6-9-14/h7,10H,2-6,8-9H2,1H3. The number of nitrogens with zero attached hydrogens (tertiary/aromatic N) is 3. The molecule has 78 valence electrons. The van der Waals surface area contributed by atoms with Crippen molar-refractivity contribution in [2.45, 2.75) is 39.2 Å². The summed E-state index contributed by atoms with van der Waals surface area (Å²) in [4.78, 5) is 6.87. The van der Waals surface area contributed by atoms with E-state index >= 15 is 0 Å². The molecule has 1 aromatic heterocycles. The Bertz CT molecular complexity index is 272. The van der Waals surface area contributed by atoms with Crippen LogP contribution >= 0.6 is 0 Å². The lowest BCUT2D eigenvalue weighted by Crippen LogP contribution is -2.27. The highest BCUT2D eigenvalue weighted by Crippen LogP contribution is 2.17. The van der Waals surface area contributed by atoms with E-state index in [9.17, 15) is 0 Å². The first kappa shape index (κ1) is 9.56. The number of rotatable bonds is 2. The second-order valence-corrected chi connectivity index (χ2v) is 3.91. The molecular weight excluding hydrogens is 174 g/mol. The van der Waals surface area contributed by atoms with Gasteiger partial charge in [-0.15, -0.1) is 0 Å². The molecule has 1 aliphatic heterocycles. The largest absolute Gasteiger partial charge is 0.342 e. The molecule has 0 bridgehead atoms. The van der Waals surface area contributed by atoms with E-state index in [4.69, 9.17) is 0 Å². The van der Waals surface area contributed by atoms with Crippen molar-refractivity contribution < 1.29 is 0 Å². The maximum absolute atomic E-state index is 4.44. The lowest BCUT2D eigenvalue weighted by Gasteiger charge is -2.21. The molecule has 1 aromatic rings. The highest BCUT2D eigenvalue weighted by Gasteiger charge is 2.13. The second kappa shape index (κ2) is 4.49. The Balaban J connectivity index is 2.11. The number of imidazole rings is 1. The average molecular weight is 193 g/mol. The monoisotopic (exact) mass is 193 g/mol. The van der Waals surface area contributed by atoms with Crippen molar-refractivity contribution in [2.24, 2.45) is 0 Å². The van der Waals surface area contributed by atoms with Crippen LogP contribution < -0.4 is 4.90 Å². The molecule has 1 saturated heterocycles. The van der Waals surface area contributed by atoms with E-state index in [0.29, 0.717) is 0 Å². The second-order valence-electron chi connectivity index (χ2n) is 3.91. The number of aromatic nitrogens is 2. The van der Waals surface area contributed by atoms with Crippen molar-refractivity contribution in [3.05, 3.63) is 12.4 Å². The van der Waals surface area contributed by atoms with Gasteiger partial charge in [-0.25, -0.2) is 4.98 Å². The summed E-state index contributed by atoms with van der Waals surface area (Å²) < 4.78 is 2.23. The molecule has 2 rings (SSSR count). The molecular formula is C11H19N3. The Kier molecular flexibility index (Phi) is 3.07. The van der Waals surface area contributed by atoms with E-state index in [1.807, 2.05) is 6.20 Å². The molecule has 0 saturated carbocycles. The molecule has 0 unspecified atom stereocenters. The summed E-state index contributed by atoms with van der Waals surface area (Å²) in [5, 5.41) is 0. The predicted molar refractivity (Wildman–Crippen MR) is 58.6 cm³/mol. The van der Waals surface area contributed by atoms with Gasteiger partial charge in [0.25, 0.3) is 0 Å². The van der Waals surface area contributed by atoms with Crippen LogP contribution in [0.1, 0.15) is 32.6 Å². The number of hydrogen-bond acceptors (Lipinski definition) is 2. The van der Waals surface area contributed by atoms with Crippen LogP contribution in [-0.2, 0) is 6.54 Å². The Morgan fingerprint density at radius 1 is 1.21 bits per heavy atom. The molecule has 0 aromatic carbocycles. The van der Waals surface area contributed by atoms with Gasteiger partial charge in [-0.2, -0.15) is 0 Å². The van der Waals surface area contributed by atoms with Crippen LogP contribution in [-0.4, -0.2) is 22.6 Å². The molecule has 1 fully saturated rings. The first-order valence-electron chi connectivity index (χ1n) is 5.68. The molecule has 0 amide bonds. The molecule has 1 aliphatic rings. The van der Waals surface area contributed by atoms with Crippen molar-refractivity contribution in [3.63, 3.8) is 0 Å². The van der Waals surface area contributed by atoms with E-state index in [2.05, 4.69) is 27.6 Å². The Labute approximate surface area is 85.7 Å². The minimum Gasteiger partial charge on any atom is -0.342 e. The van der Waals surface area contributed by atoms with E-state index in [-0.39, 0.29) is 0 Å².